The molecular weight excluding hydrogens is 218 g/mol. The van der Waals surface area contributed by atoms with E-state index in [0.29, 0.717) is 6.04 Å². The van der Waals surface area contributed by atoms with Crippen LogP contribution in [0, 0.1) is 11.8 Å². The smallest absolute Gasteiger partial charge is 0.0351 e. The van der Waals surface area contributed by atoms with Gasteiger partial charge in [0, 0.05) is 6.04 Å². The van der Waals surface area contributed by atoms with Gasteiger partial charge < -0.3 is 5.32 Å². The Labute approximate surface area is 111 Å². The zero-order chi connectivity index (χ0) is 12.4. The van der Waals surface area contributed by atoms with E-state index in [0.717, 1.165) is 18.4 Å². The molecule has 1 N–H and O–H groups in total. The van der Waals surface area contributed by atoms with Crippen LogP contribution in [0.2, 0.25) is 0 Å². The monoisotopic (exact) mass is 243 g/mol. The van der Waals surface area contributed by atoms with Crippen molar-refractivity contribution < 1.29 is 0 Å². The zero-order valence-electron chi connectivity index (χ0n) is 11.5. The number of hydrogen-bond acceptors (Lipinski definition) is 1. The maximum absolute atomic E-state index is 3.79. The average molecular weight is 243 g/mol. The molecule has 1 heterocycles. The molecule has 3 unspecified atom stereocenters. The third-order valence-electron chi connectivity index (χ3n) is 5.02. The summed E-state index contributed by atoms with van der Waals surface area (Å²) in [5, 5.41) is 3.79. The second-order valence-electron chi connectivity index (χ2n) is 6.08. The van der Waals surface area contributed by atoms with E-state index in [1.54, 1.807) is 11.1 Å². The summed E-state index contributed by atoms with van der Waals surface area (Å²) in [5.41, 5.74) is 3.17. The highest BCUT2D eigenvalue weighted by Gasteiger charge is 2.31. The molecule has 0 spiro atoms. The number of hydrogen-bond donors (Lipinski definition) is 1. The maximum atomic E-state index is 3.79. The lowest BCUT2D eigenvalue weighted by Gasteiger charge is -2.38. The lowest BCUT2D eigenvalue weighted by molar-refractivity contribution is 0.205. The molecule has 1 aliphatic carbocycles. The normalized spacial score (nSPS) is 31.9. The van der Waals surface area contributed by atoms with Gasteiger partial charge >= 0.3 is 0 Å². The summed E-state index contributed by atoms with van der Waals surface area (Å²) in [6.07, 6.45) is 8.32. The van der Waals surface area contributed by atoms with Gasteiger partial charge in [-0.1, -0.05) is 50.5 Å². The van der Waals surface area contributed by atoms with Gasteiger partial charge in [0.1, 0.15) is 0 Å². The molecule has 0 bridgehead atoms. The van der Waals surface area contributed by atoms with Crippen molar-refractivity contribution in [3.8, 4) is 0 Å². The molecule has 1 heteroatoms. The van der Waals surface area contributed by atoms with Crippen LogP contribution >= 0.6 is 0 Å². The molecule has 1 nitrogen and oxygen atoms in total. The van der Waals surface area contributed by atoms with Crippen LogP contribution < -0.4 is 5.32 Å². The Bertz CT molecular complexity index is 398. The molecule has 1 aliphatic heterocycles. The van der Waals surface area contributed by atoms with Crippen LogP contribution in [0.4, 0.5) is 0 Å². The molecule has 0 radical (unpaired) electrons. The zero-order valence-corrected chi connectivity index (χ0v) is 11.5. The van der Waals surface area contributed by atoms with Gasteiger partial charge in [-0.25, -0.2) is 0 Å². The van der Waals surface area contributed by atoms with Crippen LogP contribution in [-0.2, 0) is 6.42 Å². The Morgan fingerprint density at radius 3 is 3.00 bits per heavy atom. The Morgan fingerprint density at radius 2 is 2.11 bits per heavy atom. The summed E-state index contributed by atoms with van der Waals surface area (Å²) in [6.45, 7) is 3.52. The van der Waals surface area contributed by atoms with Crippen molar-refractivity contribution >= 4 is 0 Å². The molecule has 3 rings (SSSR count). The Balaban J connectivity index is 1.80. The van der Waals surface area contributed by atoms with Gasteiger partial charge in [0.2, 0.25) is 0 Å². The molecule has 3 atom stereocenters. The minimum atomic E-state index is 0.629. The van der Waals surface area contributed by atoms with Gasteiger partial charge in [-0.3, -0.25) is 0 Å². The van der Waals surface area contributed by atoms with Crippen LogP contribution in [0.25, 0.3) is 0 Å². The first kappa shape index (κ1) is 12.2. The highest BCUT2D eigenvalue weighted by atomic mass is 14.9. The number of fused-ring (bicyclic) bond motifs is 1. The van der Waals surface area contributed by atoms with Crippen LogP contribution in [0.15, 0.2) is 24.3 Å². The SMILES string of the molecule is CCC1CCCC(C2NCCc3ccccc32)C1. The molecule has 0 saturated heterocycles. The fourth-order valence-corrected chi connectivity index (χ4v) is 3.96. The van der Waals surface area contributed by atoms with Crippen molar-refractivity contribution in [1.29, 1.82) is 0 Å². The van der Waals surface area contributed by atoms with E-state index in [-0.39, 0.29) is 0 Å². The first-order valence-corrected chi connectivity index (χ1v) is 7.69. The molecule has 2 aliphatic rings. The molecule has 1 aromatic carbocycles. The van der Waals surface area contributed by atoms with Gasteiger partial charge in [-0.05, 0) is 48.8 Å². The van der Waals surface area contributed by atoms with Crippen LogP contribution in [0.3, 0.4) is 0 Å². The van der Waals surface area contributed by atoms with E-state index in [9.17, 15) is 0 Å². The molecule has 1 fully saturated rings. The van der Waals surface area contributed by atoms with E-state index in [1.165, 1.54) is 38.5 Å². The fourth-order valence-electron chi connectivity index (χ4n) is 3.96. The molecular formula is C17H25N. The minimum absolute atomic E-state index is 0.629. The minimum Gasteiger partial charge on any atom is -0.309 e. The fraction of sp³-hybridized carbons (Fsp3) is 0.647. The lowest BCUT2D eigenvalue weighted by atomic mass is 9.73. The first-order chi connectivity index (χ1) is 8.88. The summed E-state index contributed by atoms with van der Waals surface area (Å²) in [7, 11) is 0. The summed E-state index contributed by atoms with van der Waals surface area (Å²) < 4.78 is 0. The van der Waals surface area contributed by atoms with E-state index in [1.807, 2.05) is 0 Å². The van der Waals surface area contributed by atoms with Crippen molar-refractivity contribution in [3.63, 3.8) is 0 Å². The highest BCUT2D eigenvalue weighted by Crippen LogP contribution is 2.40. The second kappa shape index (κ2) is 5.44. The lowest BCUT2D eigenvalue weighted by Crippen LogP contribution is -2.36. The standard InChI is InChI=1S/C17H25N/c1-2-13-6-5-8-15(12-13)17-16-9-4-3-7-14(16)10-11-18-17/h3-4,7,9,13,15,17-18H,2,5-6,8,10-12H2,1H3. The van der Waals surface area contributed by atoms with E-state index in [4.69, 9.17) is 0 Å². The molecule has 98 valence electrons. The van der Waals surface area contributed by atoms with Gasteiger partial charge in [0.15, 0.2) is 0 Å². The Kier molecular flexibility index (Phi) is 3.69. The van der Waals surface area contributed by atoms with Crippen molar-refractivity contribution in [2.75, 3.05) is 6.54 Å². The molecule has 0 aromatic heterocycles. The van der Waals surface area contributed by atoms with E-state index in [2.05, 4.69) is 36.5 Å². The third kappa shape index (κ3) is 2.33. The van der Waals surface area contributed by atoms with Crippen molar-refractivity contribution in [2.45, 2.75) is 51.5 Å². The van der Waals surface area contributed by atoms with Crippen LogP contribution in [0.1, 0.15) is 56.2 Å². The van der Waals surface area contributed by atoms with Crippen LogP contribution in [-0.4, -0.2) is 6.54 Å². The largest absolute Gasteiger partial charge is 0.309 e. The van der Waals surface area contributed by atoms with Crippen molar-refractivity contribution in [2.24, 2.45) is 11.8 Å². The first-order valence-electron chi connectivity index (χ1n) is 7.69. The summed E-state index contributed by atoms with van der Waals surface area (Å²) in [4.78, 5) is 0. The summed E-state index contributed by atoms with van der Waals surface area (Å²) >= 11 is 0. The van der Waals surface area contributed by atoms with E-state index >= 15 is 0 Å². The molecule has 1 saturated carbocycles. The predicted octanol–water partition coefficient (Wildman–Crippen LogP) is 4.09. The second-order valence-corrected chi connectivity index (χ2v) is 6.08. The Morgan fingerprint density at radius 1 is 1.22 bits per heavy atom. The van der Waals surface area contributed by atoms with E-state index < -0.39 is 0 Å². The third-order valence-corrected chi connectivity index (χ3v) is 5.02. The number of benzene rings is 1. The van der Waals surface area contributed by atoms with Crippen LogP contribution in [0.5, 0.6) is 0 Å². The quantitative estimate of drug-likeness (QED) is 0.825. The van der Waals surface area contributed by atoms with Crippen molar-refractivity contribution in [1.82, 2.24) is 5.32 Å². The maximum Gasteiger partial charge on any atom is 0.0351 e. The van der Waals surface area contributed by atoms with Crippen molar-refractivity contribution in [3.05, 3.63) is 35.4 Å². The molecule has 18 heavy (non-hydrogen) atoms. The topological polar surface area (TPSA) is 12.0 Å². The number of rotatable bonds is 2. The highest BCUT2D eigenvalue weighted by molar-refractivity contribution is 5.32. The molecule has 0 amide bonds. The average Bonchev–Trinajstić information content (AvgIpc) is 2.47. The van der Waals surface area contributed by atoms with Gasteiger partial charge in [-0.2, -0.15) is 0 Å². The Hall–Kier alpha value is -0.820. The molecule has 1 aromatic rings. The summed E-state index contributed by atoms with van der Waals surface area (Å²) in [5.74, 6) is 1.84. The predicted molar refractivity (Wildman–Crippen MR) is 76.6 cm³/mol. The van der Waals surface area contributed by atoms with Gasteiger partial charge in [0.05, 0.1) is 0 Å². The summed E-state index contributed by atoms with van der Waals surface area (Å²) in [6, 6.07) is 9.70. The number of nitrogens with one attached hydrogen (secondary N) is 1. The van der Waals surface area contributed by atoms with Gasteiger partial charge in [-0.15, -0.1) is 0 Å². The van der Waals surface area contributed by atoms with Gasteiger partial charge in [0.25, 0.3) is 0 Å².